The van der Waals surface area contributed by atoms with Gasteiger partial charge in [-0.2, -0.15) is 0 Å². The molecular formula is C16H25NO2. The van der Waals surface area contributed by atoms with Crippen molar-refractivity contribution in [2.45, 2.75) is 51.4 Å². The van der Waals surface area contributed by atoms with Gasteiger partial charge in [-0.3, -0.25) is 0 Å². The Kier molecular flexibility index (Phi) is 5.67. The Bertz CT molecular complexity index is 379. The molecule has 1 aliphatic heterocycles. The van der Waals surface area contributed by atoms with Gasteiger partial charge in [-0.1, -0.05) is 25.5 Å². The highest BCUT2D eigenvalue weighted by Gasteiger charge is 2.21. The first kappa shape index (κ1) is 14.4. The van der Waals surface area contributed by atoms with Crippen LogP contribution in [0.2, 0.25) is 0 Å². The standard InChI is InChI=1S/C16H25NO2/c1-3-5-16-11-15(8-9-19-16)17-14-7-4-6-13(10-14)12-18-2/h4,6-7,10,15-17H,3,5,8-9,11-12H2,1-2H3. The first-order valence-corrected chi connectivity index (χ1v) is 7.27. The SMILES string of the molecule is CCCC1CC(Nc2cccc(COC)c2)CCO1. The fourth-order valence-electron chi connectivity index (χ4n) is 2.69. The molecule has 106 valence electrons. The van der Waals surface area contributed by atoms with Crippen molar-refractivity contribution in [1.82, 2.24) is 0 Å². The zero-order chi connectivity index (χ0) is 13.5. The highest BCUT2D eigenvalue weighted by atomic mass is 16.5. The number of nitrogens with one attached hydrogen (secondary N) is 1. The van der Waals surface area contributed by atoms with Crippen LogP contribution in [-0.2, 0) is 16.1 Å². The van der Waals surface area contributed by atoms with E-state index in [2.05, 4.69) is 36.5 Å². The van der Waals surface area contributed by atoms with E-state index in [0.717, 1.165) is 19.4 Å². The molecule has 0 saturated carbocycles. The van der Waals surface area contributed by atoms with Gasteiger partial charge in [0.25, 0.3) is 0 Å². The predicted octanol–water partition coefficient (Wildman–Crippen LogP) is 3.59. The average Bonchev–Trinajstić information content (AvgIpc) is 2.40. The molecule has 0 aromatic heterocycles. The number of ether oxygens (including phenoxy) is 2. The van der Waals surface area contributed by atoms with E-state index in [4.69, 9.17) is 9.47 Å². The molecule has 1 heterocycles. The van der Waals surface area contributed by atoms with E-state index in [0.29, 0.717) is 18.8 Å². The second kappa shape index (κ2) is 7.51. The van der Waals surface area contributed by atoms with Gasteiger partial charge in [0.15, 0.2) is 0 Å². The maximum atomic E-state index is 5.79. The van der Waals surface area contributed by atoms with Gasteiger partial charge in [-0.05, 0) is 37.0 Å². The van der Waals surface area contributed by atoms with Gasteiger partial charge in [0.05, 0.1) is 12.7 Å². The topological polar surface area (TPSA) is 30.5 Å². The van der Waals surface area contributed by atoms with Gasteiger partial charge in [0, 0.05) is 25.4 Å². The molecule has 1 aromatic rings. The summed E-state index contributed by atoms with van der Waals surface area (Å²) in [4.78, 5) is 0. The van der Waals surface area contributed by atoms with E-state index < -0.39 is 0 Å². The smallest absolute Gasteiger partial charge is 0.0713 e. The monoisotopic (exact) mass is 263 g/mol. The molecule has 1 saturated heterocycles. The molecule has 0 aliphatic carbocycles. The number of benzene rings is 1. The molecule has 0 spiro atoms. The van der Waals surface area contributed by atoms with Gasteiger partial charge >= 0.3 is 0 Å². The summed E-state index contributed by atoms with van der Waals surface area (Å²) in [6, 6.07) is 9.01. The maximum Gasteiger partial charge on any atom is 0.0713 e. The third kappa shape index (κ3) is 4.51. The van der Waals surface area contributed by atoms with Gasteiger partial charge in [0.2, 0.25) is 0 Å². The van der Waals surface area contributed by atoms with Crippen LogP contribution in [-0.4, -0.2) is 25.9 Å². The number of hydrogen-bond acceptors (Lipinski definition) is 3. The van der Waals surface area contributed by atoms with Crippen molar-refractivity contribution in [1.29, 1.82) is 0 Å². The van der Waals surface area contributed by atoms with Crippen LogP contribution in [0.5, 0.6) is 0 Å². The molecular weight excluding hydrogens is 238 g/mol. The minimum atomic E-state index is 0.429. The van der Waals surface area contributed by atoms with Crippen LogP contribution in [0.4, 0.5) is 5.69 Å². The van der Waals surface area contributed by atoms with Crippen molar-refractivity contribution >= 4 is 5.69 Å². The maximum absolute atomic E-state index is 5.79. The van der Waals surface area contributed by atoms with Crippen molar-refractivity contribution in [3.8, 4) is 0 Å². The van der Waals surface area contributed by atoms with Crippen LogP contribution in [0.3, 0.4) is 0 Å². The van der Waals surface area contributed by atoms with Crippen molar-refractivity contribution < 1.29 is 9.47 Å². The van der Waals surface area contributed by atoms with E-state index in [-0.39, 0.29) is 0 Å². The van der Waals surface area contributed by atoms with E-state index in [1.807, 2.05) is 0 Å². The largest absolute Gasteiger partial charge is 0.382 e. The summed E-state index contributed by atoms with van der Waals surface area (Å²) < 4.78 is 11.0. The Morgan fingerprint density at radius 1 is 1.42 bits per heavy atom. The summed E-state index contributed by atoms with van der Waals surface area (Å²) in [5.74, 6) is 0. The molecule has 0 amide bonds. The molecule has 1 aliphatic rings. The van der Waals surface area contributed by atoms with Crippen LogP contribution < -0.4 is 5.32 Å². The van der Waals surface area contributed by atoms with Crippen LogP contribution in [0, 0.1) is 0 Å². The number of methoxy groups -OCH3 is 1. The summed E-state index contributed by atoms with van der Waals surface area (Å²) in [7, 11) is 1.73. The molecule has 19 heavy (non-hydrogen) atoms. The zero-order valence-electron chi connectivity index (χ0n) is 12.0. The molecule has 1 fully saturated rings. The number of rotatable bonds is 6. The highest BCUT2D eigenvalue weighted by molar-refractivity contribution is 5.46. The molecule has 3 heteroatoms. The molecule has 1 N–H and O–H groups in total. The molecule has 3 nitrogen and oxygen atoms in total. The van der Waals surface area contributed by atoms with Crippen LogP contribution in [0.25, 0.3) is 0 Å². The molecule has 2 rings (SSSR count). The molecule has 0 radical (unpaired) electrons. The zero-order valence-corrected chi connectivity index (χ0v) is 12.0. The third-order valence-corrected chi connectivity index (χ3v) is 3.59. The van der Waals surface area contributed by atoms with E-state index >= 15 is 0 Å². The number of hydrogen-bond donors (Lipinski definition) is 1. The minimum Gasteiger partial charge on any atom is -0.382 e. The second-order valence-corrected chi connectivity index (χ2v) is 5.28. The lowest BCUT2D eigenvalue weighted by Gasteiger charge is -2.30. The molecule has 1 aromatic carbocycles. The van der Waals surface area contributed by atoms with E-state index in [1.165, 1.54) is 24.1 Å². The Labute approximate surface area is 116 Å². The fourth-order valence-corrected chi connectivity index (χ4v) is 2.69. The van der Waals surface area contributed by atoms with Crippen molar-refractivity contribution in [3.63, 3.8) is 0 Å². The normalized spacial score (nSPS) is 23.3. The Morgan fingerprint density at radius 3 is 3.11 bits per heavy atom. The van der Waals surface area contributed by atoms with E-state index in [9.17, 15) is 0 Å². The Balaban J connectivity index is 1.90. The summed E-state index contributed by atoms with van der Waals surface area (Å²) in [6.07, 6.45) is 5.00. The molecule has 2 unspecified atom stereocenters. The molecule has 2 atom stereocenters. The van der Waals surface area contributed by atoms with Gasteiger partial charge in [0.1, 0.15) is 0 Å². The van der Waals surface area contributed by atoms with E-state index in [1.54, 1.807) is 7.11 Å². The second-order valence-electron chi connectivity index (χ2n) is 5.28. The quantitative estimate of drug-likeness (QED) is 0.850. The summed E-state index contributed by atoms with van der Waals surface area (Å²) in [5, 5.41) is 3.63. The minimum absolute atomic E-state index is 0.429. The van der Waals surface area contributed by atoms with Crippen LogP contribution in [0.1, 0.15) is 38.2 Å². The fraction of sp³-hybridized carbons (Fsp3) is 0.625. The number of anilines is 1. The van der Waals surface area contributed by atoms with Gasteiger partial charge in [-0.15, -0.1) is 0 Å². The summed E-state index contributed by atoms with van der Waals surface area (Å²) in [6.45, 7) is 3.76. The van der Waals surface area contributed by atoms with Crippen LogP contribution >= 0.6 is 0 Å². The van der Waals surface area contributed by atoms with Gasteiger partial charge in [-0.25, -0.2) is 0 Å². The van der Waals surface area contributed by atoms with Crippen molar-refractivity contribution in [2.24, 2.45) is 0 Å². The third-order valence-electron chi connectivity index (χ3n) is 3.59. The van der Waals surface area contributed by atoms with Crippen molar-refractivity contribution in [2.75, 3.05) is 19.0 Å². The molecule has 0 bridgehead atoms. The first-order chi connectivity index (χ1) is 9.31. The lowest BCUT2D eigenvalue weighted by Crippen LogP contribution is -2.34. The summed E-state index contributed by atoms with van der Waals surface area (Å²) in [5.41, 5.74) is 2.40. The van der Waals surface area contributed by atoms with Crippen LogP contribution in [0.15, 0.2) is 24.3 Å². The van der Waals surface area contributed by atoms with Gasteiger partial charge < -0.3 is 14.8 Å². The Hall–Kier alpha value is -1.06. The average molecular weight is 263 g/mol. The first-order valence-electron chi connectivity index (χ1n) is 7.27. The lowest BCUT2D eigenvalue weighted by atomic mass is 9.99. The van der Waals surface area contributed by atoms with Crippen molar-refractivity contribution in [3.05, 3.63) is 29.8 Å². The predicted molar refractivity (Wildman–Crippen MR) is 78.4 cm³/mol. The lowest BCUT2D eigenvalue weighted by molar-refractivity contribution is 0.00598. The summed E-state index contributed by atoms with van der Waals surface area (Å²) >= 11 is 0. The highest BCUT2D eigenvalue weighted by Crippen LogP contribution is 2.22. The Morgan fingerprint density at radius 2 is 2.32 bits per heavy atom.